The third-order valence-corrected chi connectivity index (χ3v) is 3.33. The van der Waals surface area contributed by atoms with E-state index in [-0.39, 0.29) is 6.04 Å². The number of aromatic nitrogens is 1. The molecule has 2 aromatic rings. The maximum Gasteiger partial charge on any atom is 0.0570 e. The highest BCUT2D eigenvalue weighted by Crippen LogP contribution is 2.21. The third-order valence-electron chi connectivity index (χ3n) is 2.75. The zero-order valence-corrected chi connectivity index (χ0v) is 11.5. The Morgan fingerprint density at radius 3 is 2.72 bits per heavy atom. The van der Waals surface area contributed by atoms with Crippen LogP contribution in [0, 0.1) is 0 Å². The van der Waals surface area contributed by atoms with Gasteiger partial charge in [0.05, 0.1) is 5.69 Å². The highest BCUT2D eigenvalue weighted by molar-refractivity contribution is 6.35. The molecule has 18 heavy (non-hydrogen) atoms. The number of pyridine rings is 1. The zero-order chi connectivity index (χ0) is 13.0. The Morgan fingerprint density at radius 2 is 2.06 bits per heavy atom. The standard InChI is InChI=1S/C14H14Cl2N2/c1-10(14-4-2-3-7-17-14)18-9-11-5-6-12(15)8-13(11)16/h2-8,10,18H,9H2,1H3. The van der Waals surface area contributed by atoms with Gasteiger partial charge in [-0.2, -0.15) is 0 Å². The number of rotatable bonds is 4. The summed E-state index contributed by atoms with van der Waals surface area (Å²) in [5.74, 6) is 0. The Balaban J connectivity index is 1.99. The molecule has 0 aliphatic rings. The number of hydrogen-bond acceptors (Lipinski definition) is 2. The lowest BCUT2D eigenvalue weighted by molar-refractivity contribution is 0.561. The van der Waals surface area contributed by atoms with E-state index in [1.807, 2.05) is 30.3 Å². The first-order chi connectivity index (χ1) is 8.66. The largest absolute Gasteiger partial charge is 0.305 e. The summed E-state index contributed by atoms with van der Waals surface area (Å²) in [6.07, 6.45) is 1.79. The summed E-state index contributed by atoms with van der Waals surface area (Å²) in [5, 5.41) is 4.72. The molecule has 0 aliphatic carbocycles. The van der Waals surface area contributed by atoms with E-state index in [1.54, 1.807) is 12.3 Å². The van der Waals surface area contributed by atoms with Crippen molar-refractivity contribution in [3.8, 4) is 0 Å². The van der Waals surface area contributed by atoms with Crippen molar-refractivity contribution in [3.05, 3.63) is 63.9 Å². The van der Waals surface area contributed by atoms with Gasteiger partial charge in [0.1, 0.15) is 0 Å². The minimum atomic E-state index is 0.179. The molecule has 0 saturated heterocycles. The zero-order valence-electron chi connectivity index (χ0n) is 10.0. The molecular weight excluding hydrogens is 267 g/mol. The highest BCUT2D eigenvalue weighted by atomic mass is 35.5. The van der Waals surface area contributed by atoms with Crippen molar-refractivity contribution in [2.24, 2.45) is 0 Å². The van der Waals surface area contributed by atoms with Gasteiger partial charge in [-0.3, -0.25) is 4.98 Å². The van der Waals surface area contributed by atoms with Crippen molar-refractivity contribution in [1.82, 2.24) is 10.3 Å². The van der Waals surface area contributed by atoms with Crippen molar-refractivity contribution in [1.29, 1.82) is 0 Å². The molecule has 4 heteroatoms. The monoisotopic (exact) mass is 280 g/mol. The van der Waals surface area contributed by atoms with Crippen LogP contribution in [-0.4, -0.2) is 4.98 Å². The van der Waals surface area contributed by atoms with Crippen molar-refractivity contribution in [2.45, 2.75) is 19.5 Å². The fourth-order valence-electron chi connectivity index (χ4n) is 1.66. The first-order valence-electron chi connectivity index (χ1n) is 5.75. The number of halogens is 2. The SMILES string of the molecule is CC(NCc1ccc(Cl)cc1Cl)c1ccccn1. The molecule has 1 atom stereocenters. The van der Waals surface area contributed by atoms with Crippen molar-refractivity contribution in [2.75, 3.05) is 0 Å². The third kappa shape index (κ3) is 3.45. The number of nitrogens with one attached hydrogen (secondary N) is 1. The molecule has 0 amide bonds. The second kappa shape index (κ2) is 6.19. The molecule has 0 fully saturated rings. The Bertz CT molecular complexity index is 514. The van der Waals surface area contributed by atoms with Gasteiger partial charge in [-0.25, -0.2) is 0 Å². The Kier molecular flexibility index (Phi) is 4.59. The van der Waals surface area contributed by atoms with Crippen LogP contribution in [0.15, 0.2) is 42.6 Å². The maximum absolute atomic E-state index is 6.12. The second-order valence-electron chi connectivity index (χ2n) is 4.09. The van der Waals surface area contributed by atoms with Gasteiger partial charge in [0.2, 0.25) is 0 Å². The first kappa shape index (κ1) is 13.3. The smallest absolute Gasteiger partial charge is 0.0570 e. The molecule has 2 rings (SSSR count). The van der Waals surface area contributed by atoms with Gasteiger partial charge in [-0.05, 0) is 36.8 Å². The fourth-order valence-corrected chi connectivity index (χ4v) is 2.14. The summed E-state index contributed by atoms with van der Waals surface area (Å²) in [4.78, 5) is 4.31. The molecule has 0 spiro atoms. The normalized spacial score (nSPS) is 12.4. The summed E-state index contributed by atoms with van der Waals surface area (Å²) in [7, 11) is 0. The molecule has 1 aromatic carbocycles. The van der Waals surface area contributed by atoms with Crippen LogP contribution in [-0.2, 0) is 6.54 Å². The summed E-state index contributed by atoms with van der Waals surface area (Å²) < 4.78 is 0. The molecule has 0 bridgehead atoms. The number of nitrogens with zero attached hydrogens (tertiary/aromatic N) is 1. The fraction of sp³-hybridized carbons (Fsp3) is 0.214. The van der Waals surface area contributed by atoms with Gasteiger partial charge in [0.25, 0.3) is 0 Å². The molecule has 0 radical (unpaired) electrons. The Morgan fingerprint density at radius 1 is 1.22 bits per heavy atom. The summed E-state index contributed by atoms with van der Waals surface area (Å²) in [6, 6.07) is 11.6. The van der Waals surface area contributed by atoms with Crippen molar-refractivity contribution >= 4 is 23.2 Å². The van der Waals surface area contributed by atoms with Crippen LogP contribution < -0.4 is 5.32 Å². The molecule has 94 valence electrons. The molecule has 1 heterocycles. The van der Waals surface area contributed by atoms with E-state index in [4.69, 9.17) is 23.2 Å². The Hall–Kier alpha value is -1.09. The van der Waals surface area contributed by atoms with E-state index in [1.165, 1.54) is 0 Å². The number of hydrogen-bond donors (Lipinski definition) is 1. The lowest BCUT2D eigenvalue weighted by atomic mass is 10.2. The predicted octanol–water partition coefficient (Wildman–Crippen LogP) is 4.24. The average Bonchev–Trinajstić information content (AvgIpc) is 2.38. The lowest BCUT2D eigenvalue weighted by Gasteiger charge is -2.14. The molecule has 1 N–H and O–H groups in total. The van der Waals surface area contributed by atoms with E-state index in [2.05, 4.69) is 17.2 Å². The summed E-state index contributed by atoms with van der Waals surface area (Å²) in [6.45, 7) is 2.76. The van der Waals surface area contributed by atoms with Crippen LogP contribution in [0.25, 0.3) is 0 Å². The molecule has 0 aliphatic heterocycles. The van der Waals surface area contributed by atoms with Crippen LogP contribution in [0.4, 0.5) is 0 Å². The van der Waals surface area contributed by atoms with Crippen LogP contribution in [0.5, 0.6) is 0 Å². The van der Waals surface area contributed by atoms with E-state index < -0.39 is 0 Å². The van der Waals surface area contributed by atoms with Gasteiger partial charge in [-0.1, -0.05) is 35.3 Å². The minimum Gasteiger partial charge on any atom is -0.305 e. The molecule has 1 unspecified atom stereocenters. The van der Waals surface area contributed by atoms with Crippen molar-refractivity contribution < 1.29 is 0 Å². The first-order valence-corrected chi connectivity index (χ1v) is 6.50. The second-order valence-corrected chi connectivity index (χ2v) is 4.94. The van der Waals surface area contributed by atoms with Crippen LogP contribution in [0.2, 0.25) is 10.0 Å². The highest BCUT2D eigenvalue weighted by Gasteiger charge is 2.07. The minimum absolute atomic E-state index is 0.179. The van der Waals surface area contributed by atoms with Gasteiger partial charge in [-0.15, -0.1) is 0 Å². The van der Waals surface area contributed by atoms with Crippen LogP contribution >= 0.6 is 23.2 Å². The molecule has 1 aromatic heterocycles. The van der Waals surface area contributed by atoms with Gasteiger partial charge >= 0.3 is 0 Å². The van der Waals surface area contributed by atoms with E-state index in [9.17, 15) is 0 Å². The summed E-state index contributed by atoms with van der Waals surface area (Å²) >= 11 is 12.0. The van der Waals surface area contributed by atoms with Crippen LogP contribution in [0.3, 0.4) is 0 Å². The van der Waals surface area contributed by atoms with Gasteiger partial charge in [0.15, 0.2) is 0 Å². The quantitative estimate of drug-likeness (QED) is 0.906. The average molecular weight is 281 g/mol. The lowest BCUT2D eigenvalue weighted by Crippen LogP contribution is -2.19. The molecule has 2 nitrogen and oxygen atoms in total. The van der Waals surface area contributed by atoms with E-state index in [0.717, 1.165) is 11.3 Å². The van der Waals surface area contributed by atoms with E-state index in [0.29, 0.717) is 16.6 Å². The van der Waals surface area contributed by atoms with Gasteiger partial charge in [0, 0.05) is 28.8 Å². The summed E-state index contributed by atoms with van der Waals surface area (Å²) in [5.41, 5.74) is 2.05. The topological polar surface area (TPSA) is 24.9 Å². The predicted molar refractivity (Wildman–Crippen MR) is 76.0 cm³/mol. The number of benzene rings is 1. The molecule has 0 saturated carbocycles. The van der Waals surface area contributed by atoms with Crippen molar-refractivity contribution in [3.63, 3.8) is 0 Å². The van der Waals surface area contributed by atoms with E-state index >= 15 is 0 Å². The molecular formula is C14H14Cl2N2. The Labute approximate surface area is 117 Å². The van der Waals surface area contributed by atoms with Crippen LogP contribution in [0.1, 0.15) is 24.2 Å². The maximum atomic E-state index is 6.12. The van der Waals surface area contributed by atoms with Gasteiger partial charge < -0.3 is 5.32 Å².